The highest BCUT2D eigenvalue weighted by molar-refractivity contribution is 7.89. The largest absolute Gasteiger partial charge is 0.316 e. The third-order valence-corrected chi connectivity index (χ3v) is 4.98. The maximum atomic E-state index is 12.3. The van der Waals surface area contributed by atoms with E-state index < -0.39 is 10.0 Å². The summed E-state index contributed by atoms with van der Waals surface area (Å²) in [7, 11) is -1.75. The average Bonchev–Trinajstić information content (AvgIpc) is 2.38. The molecule has 6 heteroatoms. The number of hydrogen-bond donors (Lipinski definition) is 2. The molecule has 0 bridgehead atoms. The van der Waals surface area contributed by atoms with Crippen molar-refractivity contribution in [2.24, 2.45) is 0 Å². The van der Waals surface area contributed by atoms with Crippen molar-refractivity contribution < 1.29 is 8.42 Å². The summed E-state index contributed by atoms with van der Waals surface area (Å²) in [6.45, 7) is 4.51. The zero-order chi connectivity index (χ0) is 14.5. The lowest BCUT2D eigenvalue weighted by Gasteiger charge is -2.16. The van der Waals surface area contributed by atoms with E-state index in [4.69, 9.17) is 11.6 Å². The molecule has 2 N–H and O–H groups in total. The van der Waals surface area contributed by atoms with Crippen molar-refractivity contribution in [2.75, 3.05) is 7.05 Å². The molecule has 1 aromatic carbocycles. The van der Waals surface area contributed by atoms with Gasteiger partial charge in [0.05, 0.1) is 5.02 Å². The fourth-order valence-corrected chi connectivity index (χ4v) is 3.76. The molecule has 0 atom stereocenters. The van der Waals surface area contributed by atoms with Crippen LogP contribution >= 0.6 is 11.6 Å². The number of rotatable bonds is 7. The molecule has 0 unspecified atom stereocenters. The first kappa shape index (κ1) is 16.4. The molecule has 108 valence electrons. The second-order valence-corrected chi connectivity index (χ2v) is 6.52. The van der Waals surface area contributed by atoms with Crippen molar-refractivity contribution in [3.8, 4) is 0 Å². The van der Waals surface area contributed by atoms with Crippen LogP contribution in [-0.4, -0.2) is 21.5 Å². The zero-order valence-electron chi connectivity index (χ0n) is 11.5. The van der Waals surface area contributed by atoms with Crippen LogP contribution in [-0.2, 0) is 16.6 Å². The Labute approximate surface area is 120 Å². The molecule has 0 saturated carbocycles. The lowest BCUT2D eigenvalue weighted by Crippen LogP contribution is -2.34. The summed E-state index contributed by atoms with van der Waals surface area (Å²) in [4.78, 5) is 0.147. The smallest absolute Gasteiger partial charge is 0.242 e. The fraction of sp³-hybridized carbons (Fsp3) is 0.538. The Kier molecular flexibility index (Phi) is 6.26. The molecule has 1 rings (SSSR count). The van der Waals surface area contributed by atoms with E-state index in [0.717, 1.165) is 18.4 Å². The Hall–Kier alpha value is -0.620. The summed E-state index contributed by atoms with van der Waals surface area (Å²) in [6.07, 6.45) is 1.51. The Morgan fingerprint density at radius 3 is 2.42 bits per heavy atom. The van der Waals surface area contributed by atoms with Gasteiger partial charge in [-0.15, -0.1) is 0 Å². The third kappa shape index (κ3) is 4.45. The van der Waals surface area contributed by atoms with Gasteiger partial charge >= 0.3 is 0 Å². The second-order valence-electron chi connectivity index (χ2n) is 4.43. The van der Waals surface area contributed by atoms with Gasteiger partial charge in [-0.05, 0) is 37.6 Å². The van der Waals surface area contributed by atoms with E-state index in [1.807, 2.05) is 27.0 Å². The highest BCUT2D eigenvalue weighted by Gasteiger charge is 2.21. The van der Waals surface area contributed by atoms with E-state index >= 15 is 0 Å². The summed E-state index contributed by atoms with van der Waals surface area (Å²) in [5.74, 6) is 0. The van der Waals surface area contributed by atoms with E-state index in [0.29, 0.717) is 6.54 Å². The maximum absolute atomic E-state index is 12.3. The molecule has 0 aliphatic heterocycles. The summed E-state index contributed by atoms with van der Waals surface area (Å²) in [5, 5.41) is 3.24. The summed E-state index contributed by atoms with van der Waals surface area (Å²) in [5.41, 5.74) is 0.886. The average molecular weight is 305 g/mol. The van der Waals surface area contributed by atoms with E-state index in [9.17, 15) is 8.42 Å². The number of nitrogens with one attached hydrogen (secondary N) is 2. The Morgan fingerprint density at radius 2 is 1.89 bits per heavy atom. The summed E-state index contributed by atoms with van der Waals surface area (Å²) in [6, 6.07) is 4.99. The highest BCUT2D eigenvalue weighted by atomic mass is 35.5. The molecule has 1 aromatic rings. The lowest BCUT2D eigenvalue weighted by molar-refractivity contribution is 0.530. The number of benzene rings is 1. The van der Waals surface area contributed by atoms with E-state index in [-0.39, 0.29) is 16.0 Å². The van der Waals surface area contributed by atoms with Crippen molar-refractivity contribution in [3.63, 3.8) is 0 Å². The van der Waals surface area contributed by atoms with Crippen LogP contribution in [0.5, 0.6) is 0 Å². The van der Waals surface area contributed by atoms with Crippen LogP contribution in [0.4, 0.5) is 0 Å². The molecule has 4 nitrogen and oxygen atoms in total. The van der Waals surface area contributed by atoms with Crippen LogP contribution in [0.1, 0.15) is 32.3 Å². The molecule has 0 radical (unpaired) electrons. The lowest BCUT2D eigenvalue weighted by atomic mass is 10.2. The van der Waals surface area contributed by atoms with Crippen LogP contribution in [0.3, 0.4) is 0 Å². The SMILES string of the molecule is CCC(CC)NS(=O)(=O)c1cc(CNC)ccc1Cl. The van der Waals surface area contributed by atoms with Gasteiger partial charge in [0.15, 0.2) is 0 Å². The second kappa shape index (κ2) is 7.24. The molecule has 0 aromatic heterocycles. The Balaban J connectivity index is 3.09. The first-order valence-corrected chi connectivity index (χ1v) is 8.26. The zero-order valence-corrected chi connectivity index (χ0v) is 13.1. The normalized spacial score (nSPS) is 12.1. The van der Waals surface area contributed by atoms with Gasteiger partial charge in [0, 0.05) is 12.6 Å². The van der Waals surface area contributed by atoms with Crippen molar-refractivity contribution in [2.45, 2.75) is 44.2 Å². The van der Waals surface area contributed by atoms with E-state index in [1.54, 1.807) is 12.1 Å². The number of halogens is 1. The molecule has 0 saturated heterocycles. The molecule has 0 aliphatic rings. The van der Waals surface area contributed by atoms with Gasteiger partial charge in [-0.1, -0.05) is 31.5 Å². The van der Waals surface area contributed by atoms with Gasteiger partial charge in [-0.2, -0.15) is 0 Å². The molecule has 0 fully saturated rings. The van der Waals surface area contributed by atoms with Crippen LogP contribution in [0, 0.1) is 0 Å². The van der Waals surface area contributed by atoms with Gasteiger partial charge in [-0.3, -0.25) is 0 Å². The van der Waals surface area contributed by atoms with Gasteiger partial charge in [-0.25, -0.2) is 13.1 Å². The van der Waals surface area contributed by atoms with E-state index in [1.165, 1.54) is 0 Å². The van der Waals surface area contributed by atoms with Crippen molar-refractivity contribution in [3.05, 3.63) is 28.8 Å². The molecular formula is C13H21ClN2O2S. The molecule has 0 aliphatic carbocycles. The first-order chi connectivity index (χ1) is 8.94. The predicted molar refractivity (Wildman–Crippen MR) is 78.9 cm³/mol. The van der Waals surface area contributed by atoms with Crippen LogP contribution < -0.4 is 10.0 Å². The van der Waals surface area contributed by atoms with Crippen LogP contribution in [0.15, 0.2) is 23.1 Å². The monoisotopic (exact) mass is 304 g/mol. The first-order valence-electron chi connectivity index (χ1n) is 6.40. The van der Waals surface area contributed by atoms with Gasteiger partial charge < -0.3 is 5.32 Å². The molecule has 0 spiro atoms. The molecule has 19 heavy (non-hydrogen) atoms. The molecule has 0 amide bonds. The molecule has 0 heterocycles. The van der Waals surface area contributed by atoms with Gasteiger partial charge in [0.2, 0.25) is 10.0 Å². The maximum Gasteiger partial charge on any atom is 0.242 e. The standard InChI is InChI=1S/C13H21ClN2O2S/c1-4-11(5-2)16-19(17,18)13-8-10(9-15-3)6-7-12(13)14/h6-8,11,15-16H,4-5,9H2,1-3H3. The number of hydrogen-bond acceptors (Lipinski definition) is 3. The van der Waals surface area contributed by atoms with Crippen LogP contribution in [0.2, 0.25) is 5.02 Å². The summed E-state index contributed by atoms with van der Waals surface area (Å²) < 4.78 is 27.3. The highest BCUT2D eigenvalue weighted by Crippen LogP contribution is 2.23. The minimum Gasteiger partial charge on any atom is -0.316 e. The van der Waals surface area contributed by atoms with Gasteiger partial charge in [0.25, 0.3) is 0 Å². The fourth-order valence-electron chi connectivity index (χ4n) is 1.81. The van der Waals surface area contributed by atoms with Crippen molar-refractivity contribution >= 4 is 21.6 Å². The van der Waals surface area contributed by atoms with E-state index in [2.05, 4.69) is 10.0 Å². The van der Waals surface area contributed by atoms with Gasteiger partial charge in [0.1, 0.15) is 4.90 Å². The number of sulfonamides is 1. The molecular weight excluding hydrogens is 284 g/mol. The van der Waals surface area contributed by atoms with Crippen molar-refractivity contribution in [1.82, 2.24) is 10.0 Å². The minimum atomic E-state index is -3.56. The third-order valence-electron chi connectivity index (χ3n) is 2.97. The summed E-state index contributed by atoms with van der Waals surface area (Å²) >= 11 is 6.01. The predicted octanol–water partition coefficient (Wildman–Crippen LogP) is 2.53. The topological polar surface area (TPSA) is 58.2 Å². The van der Waals surface area contributed by atoms with Crippen molar-refractivity contribution in [1.29, 1.82) is 0 Å². The Bertz CT molecular complexity index is 513. The van der Waals surface area contributed by atoms with Crippen LogP contribution in [0.25, 0.3) is 0 Å². The Morgan fingerprint density at radius 1 is 1.26 bits per heavy atom. The quantitative estimate of drug-likeness (QED) is 0.814. The minimum absolute atomic E-state index is 0.0611.